The number of furan rings is 1. The smallest absolute Gasteiger partial charge is 0.214 e. The predicted octanol–water partition coefficient (Wildman–Crippen LogP) is 4.46. The van der Waals surface area contributed by atoms with Gasteiger partial charge in [-0.15, -0.1) is 5.10 Å². The number of anilines is 1. The third-order valence-electron chi connectivity index (χ3n) is 3.25. The molecular formula is C15H10ClFN4OS. The number of hydrogen-bond donors (Lipinski definition) is 1. The van der Waals surface area contributed by atoms with Crippen molar-refractivity contribution in [2.45, 2.75) is 6.54 Å². The van der Waals surface area contributed by atoms with E-state index in [1.54, 1.807) is 29.1 Å². The molecule has 116 valence electrons. The second-order valence-corrected chi connectivity index (χ2v) is 6.19. The van der Waals surface area contributed by atoms with Gasteiger partial charge in [0.2, 0.25) is 10.1 Å². The normalized spacial score (nSPS) is 11.2. The molecule has 4 aromatic rings. The first-order valence-corrected chi connectivity index (χ1v) is 7.96. The summed E-state index contributed by atoms with van der Waals surface area (Å²) >= 11 is 7.23. The Kier molecular flexibility index (Phi) is 3.51. The van der Waals surface area contributed by atoms with Gasteiger partial charge in [-0.3, -0.25) is 0 Å². The van der Waals surface area contributed by atoms with Crippen molar-refractivity contribution in [3.63, 3.8) is 0 Å². The molecule has 0 spiro atoms. The summed E-state index contributed by atoms with van der Waals surface area (Å²) in [6.07, 6.45) is 3.42. The molecule has 1 aromatic carbocycles. The Labute approximate surface area is 139 Å². The van der Waals surface area contributed by atoms with Crippen LogP contribution in [0.5, 0.6) is 0 Å². The number of aromatic nitrogens is 3. The molecule has 0 radical (unpaired) electrons. The molecule has 0 saturated heterocycles. The van der Waals surface area contributed by atoms with Gasteiger partial charge in [-0.2, -0.15) is 0 Å². The second kappa shape index (κ2) is 5.68. The first-order chi connectivity index (χ1) is 11.2. The summed E-state index contributed by atoms with van der Waals surface area (Å²) in [6.45, 7) is 0.560. The maximum Gasteiger partial charge on any atom is 0.214 e. The molecule has 3 aromatic heterocycles. The van der Waals surface area contributed by atoms with Crippen LogP contribution in [0.15, 0.2) is 47.2 Å². The van der Waals surface area contributed by atoms with Gasteiger partial charge in [-0.25, -0.2) is 13.9 Å². The summed E-state index contributed by atoms with van der Waals surface area (Å²) < 4.78 is 20.2. The van der Waals surface area contributed by atoms with Gasteiger partial charge < -0.3 is 9.73 Å². The molecule has 0 fully saturated rings. The minimum atomic E-state index is -0.445. The van der Waals surface area contributed by atoms with E-state index in [0.717, 1.165) is 21.4 Å². The number of rotatable bonds is 4. The molecule has 0 bridgehead atoms. The Hall–Kier alpha value is -2.38. The molecule has 0 aliphatic rings. The van der Waals surface area contributed by atoms with Gasteiger partial charge >= 0.3 is 0 Å². The summed E-state index contributed by atoms with van der Waals surface area (Å²) in [6, 6.07) is 8.26. The lowest BCUT2D eigenvalue weighted by molar-refractivity contribution is 0.518. The SMILES string of the molecule is Fc1ccc(-c2cn3nc(NCc4ccco4)sc3n2)cc1Cl. The maximum absolute atomic E-state index is 13.2. The monoisotopic (exact) mass is 348 g/mol. The van der Waals surface area contributed by atoms with E-state index in [1.807, 2.05) is 12.1 Å². The van der Waals surface area contributed by atoms with Crippen LogP contribution in [-0.2, 0) is 6.54 Å². The van der Waals surface area contributed by atoms with Crippen molar-refractivity contribution in [3.05, 3.63) is 59.4 Å². The standard InChI is InChI=1S/C15H10ClFN4OS/c16-11-6-9(3-4-12(11)17)13-8-21-15(19-13)23-14(20-21)18-7-10-2-1-5-22-10/h1-6,8H,7H2,(H,18,20). The summed E-state index contributed by atoms with van der Waals surface area (Å²) in [5, 5.41) is 8.41. The largest absolute Gasteiger partial charge is 0.467 e. The Bertz CT molecular complexity index is 932. The van der Waals surface area contributed by atoms with E-state index in [9.17, 15) is 4.39 Å². The molecule has 3 heterocycles. The van der Waals surface area contributed by atoms with Gasteiger partial charge in [0.25, 0.3) is 0 Å². The van der Waals surface area contributed by atoms with E-state index in [0.29, 0.717) is 12.2 Å². The van der Waals surface area contributed by atoms with Crippen LogP contribution in [0.1, 0.15) is 5.76 Å². The van der Waals surface area contributed by atoms with Crippen LogP contribution in [0.2, 0.25) is 5.02 Å². The fourth-order valence-electron chi connectivity index (χ4n) is 2.14. The number of halogens is 2. The first-order valence-electron chi connectivity index (χ1n) is 6.77. The number of fused-ring (bicyclic) bond motifs is 1. The van der Waals surface area contributed by atoms with E-state index in [1.165, 1.54) is 17.4 Å². The van der Waals surface area contributed by atoms with E-state index in [2.05, 4.69) is 15.4 Å². The molecule has 1 N–H and O–H groups in total. The number of benzene rings is 1. The summed E-state index contributed by atoms with van der Waals surface area (Å²) in [4.78, 5) is 5.23. The summed E-state index contributed by atoms with van der Waals surface area (Å²) in [5.74, 6) is 0.387. The lowest BCUT2D eigenvalue weighted by atomic mass is 10.2. The highest BCUT2D eigenvalue weighted by Crippen LogP contribution is 2.27. The van der Waals surface area contributed by atoms with Crippen molar-refractivity contribution in [1.29, 1.82) is 0 Å². The average Bonchev–Trinajstić information content (AvgIpc) is 3.22. The number of nitrogens with one attached hydrogen (secondary N) is 1. The third kappa shape index (κ3) is 2.80. The molecule has 8 heteroatoms. The molecule has 5 nitrogen and oxygen atoms in total. The highest BCUT2D eigenvalue weighted by atomic mass is 35.5. The molecule has 0 aliphatic carbocycles. The Morgan fingerprint density at radius 2 is 2.26 bits per heavy atom. The molecule has 23 heavy (non-hydrogen) atoms. The summed E-state index contributed by atoms with van der Waals surface area (Å²) in [7, 11) is 0. The Balaban J connectivity index is 1.57. The topological polar surface area (TPSA) is 55.4 Å². The number of hydrogen-bond acceptors (Lipinski definition) is 5. The molecule has 0 amide bonds. The van der Waals surface area contributed by atoms with Crippen LogP contribution in [0.25, 0.3) is 16.2 Å². The van der Waals surface area contributed by atoms with Gasteiger partial charge in [0.05, 0.1) is 29.7 Å². The van der Waals surface area contributed by atoms with Crippen LogP contribution in [0, 0.1) is 5.82 Å². The fourth-order valence-corrected chi connectivity index (χ4v) is 3.10. The molecular weight excluding hydrogens is 339 g/mol. The van der Waals surface area contributed by atoms with E-state index in [-0.39, 0.29) is 5.02 Å². The fraction of sp³-hybridized carbons (Fsp3) is 0.0667. The first kappa shape index (κ1) is 14.2. The second-order valence-electron chi connectivity index (χ2n) is 4.82. The Morgan fingerprint density at radius 3 is 3.00 bits per heavy atom. The van der Waals surface area contributed by atoms with E-state index in [4.69, 9.17) is 16.0 Å². The van der Waals surface area contributed by atoms with E-state index < -0.39 is 5.82 Å². The van der Waals surface area contributed by atoms with Gasteiger partial charge in [0.15, 0.2) is 0 Å². The van der Waals surface area contributed by atoms with Crippen molar-refractivity contribution in [2.24, 2.45) is 0 Å². The van der Waals surface area contributed by atoms with Crippen molar-refractivity contribution in [1.82, 2.24) is 14.6 Å². The van der Waals surface area contributed by atoms with Crippen LogP contribution >= 0.6 is 22.9 Å². The van der Waals surface area contributed by atoms with Gasteiger partial charge in [0.1, 0.15) is 11.6 Å². The van der Waals surface area contributed by atoms with Gasteiger partial charge in [-0.1, -0.05) is 22.9 Å². The average molecular weight is 349 g/mol. The van der Waals surface area contributed by atoms with Crippen LogP contribution in [-0.4, -0.2) is 14.6 Å². The number of nitrogens with zero attached hydrogens (tertiary/aromatic N) is 3. The van der Waals surface area contributed by atoms with Crippen LogP contribution < -0.4 is 5.32 Å². The highest BCUT2D eigenvalue weighted by Gasteiger charge is 2.11. The minimum Gasteiger partial charge on any atom is -0.467 e. The predicted molar refractivity (Wildman–Crippen MR) is 87.3 cm³/mol. The molecule has 0 atom stereocenters. The molecule has 0 unspecified atom stereocenters. The Morgan fingerprint density at radius 1 is 1.35 bits per heavy atom. The third-order valence-corrected chi connectivity index (χ3v) is 4.42. The lowest BCUT2D eigenvalue weighted by Crippen LogP contribution is -1.98. The van der Waals surface area contributed by atoms with Crippen molar-refractivity contribution in [2.75, 3.05) is 5.32 Å². The summed E-state index contributed by atoms with van der Waals surface area (Å²) in [5.41, 5.74) is 1.45. The quantitative estimate of drug-likeness (QED) is 0.591. The van der Waals surface area contributed by atoms with Crippen LogP contribution in [0.4, 0.5) is 9.52 Å². The lowest BCUT2D eigenvalue weighted by Gasteiger charge is -1.99. The highest BCUT2D eigenvalue weighted by molar-refractivity contribution is 7.20. The van der Waals surface area contributed by atoms with Gasteiger partial charge in [-0.05, 0) is 30.3 Å². The molecule has 0 aliphatic heterocycles. The zero-order valence-corrected chi connectivity index (χ0v) is 13.2. The minimum absolute atomic E-state index is 0.0765. The van der Waals surface area contributed by atoms with Crippen molar-refractivity contribution in [3.8, 4) is 11.3 Å². The zero-order valence-electron chi connectivity index (χ0n) is 11.7. The van der Waals surface area contributed by atoms with Crippen LogP contribution in [0.3, 0.4) is 0 Å². The van der Waals surface area contributed by atoms with E-state index >= 15 is 0 Å². The van der Waals surface area contributed by atoms with Gasteiger partial charge in [0, 0.05) is 5.56 Å². The molecule has 4 rings (SSSR count). The zero-order chi connectivity index (χ0) is 15.8. The number of imidazole rings is 1. The maximum atomic E-state index is 13.2. The van der Waals surface area contributed by atoms with Crippen molar-refractivity contribution < 1.29 is 8.81 Å². The molecule has 0 saturated carbocycles. The van der Waals surface area contributed by atoms with Crippen molar-refractivity contribution >= 4 is 33.0 Å².